The zero-order valence-corrected chi connectivity index (χ0v) is 21.1. The number of rotatable bonds is 9. The molecule has 0 radical (unpaired) electrons. The van der Waals surface area contributed by atoms with Crippen molar-refractivity contribution >= 4 is 17.5 Å². The molecule has 0 aromatic heterocycles. The van der Waals surface area contributed by atoms with Crippen molar-refractivity contribution < 1.29 is 14.4 Å². The molecule has 2 fully saturated rings. The van der Waals surface area contributed by atoms with Crippen LogP contribution >= 0.6 is 0 Å². The van der Waals surface area contributed by atoms with Crippen molar-refractivity contribution in [1.29, 1.82) is 0 Å². The van der Waals surface area contributed by atoms with Crippen molar-refractivity contribution in [2.75, 3.05) is 6.54 Å². The van der Waals surface area contributed by atoms with Gasteiger partial charge in [0, 0.05) is 31.3 Å². The van der Waals surface area contributed by atoms with E-state index < -0.39 is 0 Å². The van der Waals surface area contributed by atoms with E-state index in [0.29, 0.717) is 25.2 Å². The highest BCUT2D eigenvalue weighted by atomic mass is 16.2. The van der Waals surface area contributed by atoms with Gasteiger partial charge >= 0.3 is 0 Å². The first kappa shape index (κ1) is 25.8. The van der Waals surface area contributed by atoms with Gasteiger partial charge in [-0.25, -0.2) is 0 Å². The normalized spacial score (nSPS) is 29.4. The molecule has 1 heterocycles. The average molecular weight is 479 g/mol. The van der Waals surface area contributed by atoms with Gasteiger partial charge in [-0.1, -0.05) is 81.4 Å². The molecule has 0 aromatic carbocycles. The molecule has 3 aliphatic carbocycles. The van der Waals surface area contributed by atoms with E-state index in [-0.39, 0.29) is 35.6 Å². The highest BCUT2D eigenvalue weighted by molar-refractivity contribution is 5.94. The van der Waals surface area contributed by atoms with Gasteiger partial charge in [-0.05, 0) is 43.3 Å². The fraction of sp³-hybridized carbons (Fsp3) is 0.633. The maximum atomic E-state index is 13.0. The van der Waals surface area contributed by atoms with Crippen LogP contribution in [-0.2, 0) is 14.4 Å². The summed E-state index contributed by atoms with van der Waals surface area (Å²) in [6.45, 7) is 0.605. The summed E-state index contributed by atoms with van der Waals surface area (Å²) in [6, 6.07) is -0.0155. The number of hydrogen-bond donors (Lipinski definition) is 2. The van der Waals surface area contributed by atoms with E-state index >= 15 is 0 Å². The quantitative estimate of drug-likeness (QED) is 0.442. The minimum Gasteiger partial charge on any atom is -0.356 e. The van der Waals surface area contributed by atoms with E-state index in [1.165, 1.54) is 37.7 Å². The highest BCUT2D eigenvalue weighted by Crippen LogP contribution is 2.38. The van der Waals surface area contributed by atoms with Gasteiger partial charge in [-0.2, -0.15) is 0 Å². The number of allylic oxidation sites excluding steroid dienone is 5. The number of amides is 1. The Hall–Kier alpha value is -2.27. The van der Waals surface area contributed by atoms with Crippen molar-refractivity contribution in [3.8, 4) is 0 Å². The zero-order valence-electron chi connectivity index (χ0n) is 21.1. The van der Waals surface area contributed by atoms with Gasteiger partial charge in [0.15, 0.2) is 5.78 Å². The molecule has 0 spiro atoms. The summed E-state index contributed by atoms with van der Waals surface area (Å²) in [6.07, 6.45) is 26.2. The van der Waals surface area contributed by atoms with Crippen molar-refractivity contribution in [2.24, 2.45) is 11.8 Å². The molecule has 2 N–H and O–H groups in total. The molecule has 5 nitrogen and oxygen atoms in total. The van der Waals surface area contributed by atoms with Gasteiger partial charge in [0.05, 0.1) is 12.0 Å². The molecule has 0 aromatic rings. The third-order valence-electron chi connectivity index (χ3n) is 8.12. The van der Waals surface area contributed by atoms with E-state index in [4.69, 9.17) is 0 Å². The van der Waals surface area contributed by atoms with Gasteiger partial charge in [-0.3, -0.25) is 19.7 Å². The summed E-state index contributed by atoms with van der Waals surface area (Å²) in [4.78, 5) is 38.0. The lowest BCUT2D eigenvalue weighted by molar-refractivity contribution is -0.127. The van der Waals surface area contributed by atoms with E-state index in [2.05, 4.69) is 28.9 Å². The molecule has 1 amide bonds. The first-order chi connectivity index (χ1) is 17.1. The molecule has 1 saturated heterocycles. The molecule has 4 rings (SSSR count). The molecule has 3 atom stereocenters. The SMILES string of the molecule is O=C(CCC(=O)C1CCCCCCCCC1)NCCCCC1NC2C3=C/C(=C\C=C/C=C3)C2C1=O. The second-order valence-electron chi connectivity index (χ2n) is 10.7. The maximum absolute atomic E-state index is 13.0. The zero-order chi connectivity index (χ0) is 24.5. The molecule has 1 aliphatic heterocycles. The predicted molar refractivity (Wildman–Crippen MR) is 140 cm³/mol. The Morgan fingerprint density at radius 3 is 2.40 bits per heavy atom. The summed E-state index contributed by atoms with van der Waals surface area (Å²) in [7, 11) is 0. The standard InChI is InChI=1S/C30H42N2O3/c33-26(22-13-7-4-2-1-3-5-8-14-22)18-19-27(34)31-20-12-11-17-25-30(35)28-23-15-9-6-10-16-24(21-23)29(28)32-25/h6,9-10,15-16,21-22,25,28-29,32H,1-5,7-8,11-14,17-20H2,(H,31,34)/b9-6-,10-6?,15-9?,16-10?,23-15+,24-16?. The number of nitrogens with one attached hydrogen (secondary N) is 2. The molecular weight excluding hydrogens is 436 g/mol. The fourth-order valence-electron chi connectivity index (χ4n) is 6.08. The number of ketones is 2. The van der Waals surface area contributed by atoms with Gasteiger partial charge in [0.2, 0.25) is 5.91 Å². The lowest BCUT2D eigenvalue weighted by Crippen LogP contribution is -2.32. The number of fused-ring (bicyclic) bond motifs is 4. The molecule has 2 bridgehead atoms. The monoisotopic (exact) mass is 478 g/mol. The molecule has 190 valence electrons. The van der Waals surface area contributed by atoms with Gasteiger partial charge < -0.3 is 5.32 Å². The van der Waals surface area contributed by atoms with Crippen LogP contribution in [0.25, 0.3) is 0 Å². The van der Waals surface area contributed by atoms with E-state index in [0.717, 1.165) is 50.5 Å². The topological polar surface area (TPSA) is 75.3 Å². The molecule has 5 heteroatoms. The van der Waals surface area contributed by atoms with Crippen molar-refractivity contribution in [3.63, 3.8) is 0 Å². The molecule has 3 unspecified atom stereocenters. The molecule has 35 heavy (non-hydrogen) atoms. The first-order valence-corrected chi connectivity index (χ1v) is 14.0. The summed E-state index contributed by atoms with van der Waals surface area (Å²) >= 11 is 0. The van der Waals surface area contributed by atoms with Crippen LogP contribution in [0.15, 0.2) is 47.6 Å². The Balaban J connectivity index is 1.10. The maximum Gasteiger partial charge on any atom is 0.220 e. The van der Waals surface area contributed by atoms with Gasteiger partial charge in [0.25, 0.3) is 0 Å². The average Bonchev–Trinajstić information content (AvgIpc) is 3.37. The van der Waals surface area contributed by atoms with Crippen LogP contribution < -0.4 is 10.6 Å². The predicted octanol–water partition coefficient (Wildman–Crippen LogP) is 5.28. The lowest BCUT2D eigenvalue weighted by atomic mass is 9.87. The van der Waals surface area contributed by atoms with Crippen LogP contribution in [0.2, 0.25) is 0 Å². The lowest BCUT2D eigenvalue weighted by Gasteiger charge is -2.17. The van der Waals surface area contributed by atoms with Crippen LogP contribution in [0.5, 0.6) is 0 Å². The minimum atomic E-state index is -0.112. The Labute approximate surface area is 210 Å². The number of hydrogen-bond acceptors (Lipinski definition) is 4. The molecular formula is C30H42N2O3. The Morgan fingerprint density at radius 1 is 0.886 bits per heavy atom. The van der Waals surface area contributed by atoms with Gasteiger partial charge in [0.1, 0.15) is 5.78 Å². The van der Waals surface area contributed by atoms with Crippen molar-refractivity contribution in [3.05, 3.63) is 47.6 Å². The third-order valence-corrected chi connectivity index (χ3v) is 8.12. The van der Waals surface area contributed by atoms with E-state index in [1.807, 2.05) is 18.2 Å². The van der Waals surface area contributed by atoms with Crippen LogP contribution in [-0.4, -0.2) is 36.1 Å². The second kappa shape index (κ2) is 13.2. The summed E-state index contributed by atoms with van der Waals surface area (Å²) in [5.74, 6) is 0.638. The van der Waals surface area contributed by atoms with Crippen molar-refractivity contribution in [2.45, 2.75) is 102 Å². The molecule has 1 saturated carbocycles. The highest BCUT2D eigenvalue weighted by Gasteiger charge is 2.46. The van der Waals surface area contributed by atoms with Crippen LogP contribution in [0.1, 0.15) is 89.9 Å². The van der Waals surface area contributed by atoms with Gasteiger partial charge in [-0.15, -0.1) is 0 Å². The van der Waals surface area contributed by atoms with E-state index in [9.17, 15) is 14.4 Å². The fourth-order valence-corrected chi connectivity index (χ4v) is 6.08. The first-order valence-electron chi connectivity index (χ1n) is 14.0. The Morgan fingerprint density at radius 2 is 1.63 bits per heavy atom. The third kappa shape index (κ3) is 7.13. The Kier molecular flexibility index (Phi) is 9.70. The Bertz CT molecular complexity index is 887. The van der Waals surface area contributed by atoms with Crippen molar-refractivity contribution in [1.82, 2.24) is 10.6 Å². The number of unbranched alkanes of at least 4 members (excludes halogenated alkanes) is 1. The van der Waals surface area contributed by atoms with Crippen LogP contribution in [0, 0.1) is 11.8 Å². The number of carbonyl (C=O) groups excluding carboxylic acids is 3. The second-order valence-corrected chi connectivity index (χ2v) is 10.7. The van der Waals surface area contributed by atoms with E-state index in [1.54, 1.807) is 0 Å². The smallest absolute Gasteiger partial charge is 0.220 e. The summed E-state index contributed by atoms with van der Waals surface area (Å²) < 4.78 is 0. The summed E-state index contributed by atoms with van der Waals surface area (Å²) in [5.41, 5.74) is 2.30. The number of Topliss-reactive ketones (excluding diaryl/α,β-unsaturated/α-hetero) is 2. The largest absolute Gasteiger partial charge is 0.356 e. The minimum absolute atomic E-state index is 0.0262. The summed E-state index contributed by atoms with van der Waals surface area (Å²) in [5, 5.41) is 6.52. The number of carbonyl (C=O) groups is 3. The molecule has 4 aliphatic rings. The van der Waals surface area contributed by atoms with Crippen LogP contribution in [0.4, 0.5) is 0 Å². The van der Waals surface area contributed by atoms with Crippen LogP contribution in [0.3, 0.4) is 0 Å².